The highest BCUT2D eigenvalue weighted by molar-refractivity contribution is 6.09. The Bertz CT molecular complexity index is 981. The zero-order valence-corrected chi connectivity index (χ0v) is 17.1. The summed E-state index contributed by atoms with van der Waals surface area (Å²) in [5.41, 5.74) is 1.43. The molecule has 0 N–H and O–H groups in total. The molecule has 1 aromatic heterocycles. The van der Waals surface area contributed by atoms with E-state index >= 15 is 0 Å². The fourth-order valence-electron chi connectivity index (χ4n) is 5.13. The van der Waals surface area contributed by atoms with E-state index in [0.29, 0.717) is 37.8 Å². The highest BCUT2D eigenvalue weighted by atomic mass is 16.2. The third-order valence-corrected chi connectivity index (χ3v) is 6.52. The number of anilines is 1. The van der Waals surface area contributed by atoms with Crippen LogP contribution in [0, 0.1) is 5.92 Å². The van der Waals surface area contributed by atoms with E-state index in [1.54, 1.807) is 4.90 Å². The number of benzene rings is 1. The van der Waals surface area contributed by atoms with E-state index in [9.17, 15) is 9.59 Å². The van der Waals surface area contributed by atoms with Crippen molar-refractivity contribution in [1.29, 1.82) is 0 Å². The standard InChI is InChI=1S/C22H27N5O2/c1-15(2)13-27-17-8-4-3-7-16(17)22(21(27)29)10-12-25(14-22)20(28)19-24-23-18-9-5-6-11-26(18)19/h3-4,7-8,15H,5-6,9-14H2,1-2H3. The van der Waals surface area contributed by atoms with E-state index in [1.807, 2.05) is 27.7 Å². The van der Waals surface area contributed by atoms with Crippen molar-refractivity contribution >= 4 is 17.5 Å². The Morgan fingerprint density at radius 3 is 2.83 bits per heavy atom. The van der Waals surface area contributed by atoms with E-state index in [1.165, 1.54) is 0 Å². The van der Waals surface area contributed by atoms with Crippen LogP contribution in [0.4, 0.5) is 5.69 Å². The van der Waals surface area contributed by atoms with Crippen molar-refractivity contribution in [3.05, 3.63) is 41.5 Å². The monoisotopic (exact) mass is 393 g/mol. The lowest BCUT2D eigenvalue weighted by Gasteiger charge is -2.25. The molecule has 2 aromatic rings. The van der Waals surface area contributed by atoms with Crippen molar-refractivity contribution in [3.63, 3.8) is 0 Å². The van der Waals surface area contributed by atoms with Gasteiger partial charge in [0.2, 0.25) is 11.7 Å². The van der Waals surface area contributed by atoms with Gasteiger partial charge in [0.1, 0.15) is 5.82 Å². The molecular weight excluding hydrogens is 366 g/mol. The number of carbonyl (C=O) groups excluding carboxylic acids is 2. The maximum Gasteiger partial charge on any atom is 0.291 e. The van der Waals surface area contributed by atoms with Gasteiger partial charge in [-0.1, -0.05) is 32.0 Å². The van der Waals surface area contributed by atoms with E-state index < -0.39 is 5.41 Å². The van der Waals surface area contributed by atoms with Gasteiger partial charge >= 0.3 is 0 Å². The molecule has 4 heterocycles. The molecule has 7 heteroatoms. The third kappa shape index (κ3) is 2.70. The van der Waals surface area contributed by atoms with Gasteiger partial charge in [0, 0.05) is 38.3 Å². The molecule has 3 aliphatic rings. The molecule has 1 fully saturated rings. The van der Waals surface area contributed by atoms with Crippen molar-refractivity contribution in [3.8, 4) is 0 Å². The van der Waals surface area contributed by atoms with Gasteiger partial charge in [-0.2, -0.15) is 0 Å². The van der Waals surface area contributed by atoms with E-state index in [4.69, 9.17) is 0 Å². The first-order valence-electron chi connectivity index (χ1n) is 10.6. The normalized spacial score (nSPS) is 23.2. The number of aryl methyl sites for hydroxylation is 1. The second-order valence-electron chi connectivity index (χ2n) is 8.93. The third-order valence-electron chi connectivity index (χ3n) is 6.52. The van der Waals surface area contributed by atoms with E-state index in [-0.39, 0.29) is 11.8 Å². The van der Waals surface area contributed by atoms with Gasteiger partial charge < -0.3 is 14.4 Å². The Labute approximate surface area is 170 Å². The summed E-state index contributed by atoms with van der Waals surface area (Å²) in [5, 5.41) is 8.43. The number of nitrogens with zero attached hydrogens (tertiary/aromatic N) is 5. The summed E-state index contributed by atoms with van der Waals surface area (Å²) in [6.45, 7) is 6.73. The fraction of sp³-hybridized carbons (Fsp3) is 0.545. The maximum absolute atomic E-state index is 13.6. The lowest BCUT2D eigenvalue weighted by molar-refractivity contribution is -0.122. The van der Waals surface area contributed by atoms with Gasteiger partial charge in [-0.15, -0.1) is 10.2 Å². The number of fused-ring (bicyclic) bond motifs is 3. The molecule has 0 radical (unpaired) electrons. The molecule has 1 saturated heterocycles. The number of carbonyl (C=O) groups is 2. The van der Waals surface area contributed by atoms with Gasteiger partial charge in [0.15, 0.2) is 0 Å². The summed E-state index contributed by atoms with van der Waals surface area (Å²) < 4.78 is 1.96. The highest BCUT2D eigenvalue weighted by Crippen LogP contribution is 2.47. The van der Waals surface area contributed by atoms with Gasteiger partial charge in [-0.3, -0.25) is 9.59 Å². The Balaban J connectivity index is 1.46. The first-order chi connectivity index (χ1) is 14.0. The zero-order chi connectivity index (χ0) is 20.2. The van der Waals surface area contributed by atoms with Crippen LogP contribution in [0.2, 0.25) is 0 Å². The molecule has 5 rings (SSSR count). The second kappa shape index (κ2) is 6.68. The quantitative estimate of drug-likeness (QED) is 0.803. The van der Waals surface area contributed by atoms with Crippen molar-refractivity contribution in [2.24, 2.45) is 5.92 Å². The van der Waals surface area contributed by atoms with Crippen LogP contribution in [0.1, 0.15) is 55.1 Å². The lowest BCUT2D eigenvalue weighted by Crippen LogP contribution is -2.44. The summed E-state index contributed by atoms with van der Waals surface area (Å²) >= 11 is 0. The van der Waals surface area contributed by atoms with Crippen molar-refractivity contribution in [2.75, 3.05) is 24.5 Å². The molecule has 0 saturated carbocycles. The predicted octanol–water partition coefficient (Wildman–Crippen LogP) is 2.40. The van der Waals surface area contributed by atoms with E-state index in [0.717, 1.165) is 42.9 Å². The van der Waals surface area contributed by atoms with Crippen LogP contribution in [-0.2, 0) is 23.2 Å². The average molecular weight is 393 g/mol. The molecule has 0 aliphatic carbocycles. The predicted molar refractivity (Wildman–Crippen MR) is 109 cm³/mol. The van der Waals surface area contributed by atoms with Gasteiger partial charge in [0.25, 0.3) is 5.91 Å². The molecule has 1 aromatic carbocycles. The minimum Gasteiger partial charge on any atom is -0.334 e. The van der Waals surface area contributed by atoms with Crippen molar-refractivity contribution in [1.82, 2.24) is 19.7 Å². The van der Waals surface area contributed by atoms with Crippen molar-refractivity contribution < 1.29 is 9.59 Å². The maximum atomic E-state index is 13.6. The van der Waals surface area contributed by atoms with Crippen LogP contribution >= 0.6 is 0 Å². The number of aromatic nitrogens is 3. The largest absolute Gasteiger partial charge is 0.334 e. The summed E-state index contributed by atoms with van der Waals surface area (Å²) in [7, 11) is 0. The minimum absolute atomic E-state index is 0.102. The van der Waals surface area contributed by atoms with Gasteiger partial charge in [-0.05, 0) is 36.8 Å². The van der Waals surface area contributed by atoms with Crippen LogP contribution in [0.5, 0.6) is 0 Å². The van der Waals surface area contributed by atoms with Crippen LogP contribution in [-0.4, -0.2) is 51.1 Å². The number of para-hydroxylation sites is 1. The number of amides is 2. The zero-order valence-electron chi connectivity index (χ0n) is 17.1. The fourth-order valence-corrected chi connectivity index (χ4v) is 5.13. The summed E-state index contributed by atoms with van der Waals surface area (Å²) in [6, 6.07) is 8.06. The Kier molecular flexibility index (Phi) is 4.22. The van der Waals surface area contributed by atoms with E-state index in [2.05, 4.69) is 30.1 Å². The summed E-state index contributed by atoms with van der Waals surface area (Å²) in [4.78, 5) is 30.6. The number of likely N-dealkylation sites (tertiary alicyclic amines) is 1. The number of hydrogen-bond donors (Lipinski definition) is 0. The van der Waals surface area contributed by atoms with Gasteiger partial charge in [-0.25, -0.2) is 0 Å². The van der Waals surface area contributed by atoms with Crippen LogP contribution in [0.15, 0.2) is 24.3 Å². The molecule has 7 nitrogen and oxygen atoms in total. The van der Waals surface area contributed by atoms with Crippen LogP contribution in [0.25, 0.3) is 0 Å². The molecule has 2 amide bonds. The van der Waals surface area contributed by atoms with Crippen molar-refractivity contribution in [2.45, 2.75) is 51.5 Å². The molecule has 29 heavy (non-hydrogen) atoms. The number of rotatable bonds is 3. The molecule has 0 bridgehead atoms. The summed E-state index contributed by atoms with van der Waals surface area (Å²) in [6.07, 6.45) is 3.67. The average Bonchev–Trinajstić information content (AvgIpc) is 3.41. The SMILES string of the molecule is CC(C)CN1C(=O)C2(CCN(C(=O)c3nnc4n3CCCC4)C2)c2ccccc21. The van der Waals surface area contributed by atoms with Crippen LogP contribution < -0.4 is 4.90 Å². The van der Waals surface area contributed by atoms with Gasteiger partial charge in [0.05, 0.1) is 5.41 Å². The second-order valence-corrected chi connectivity index (χ2v) is 8.93. The topological polar surface area (TPSA) is 71.3 Å². The molecule has 152 valence electrons. The highest BCUT2D eigenvalue weighted by Gasteiger charge is 2.55. The smallest absolute Gasteiger partial charge is 0.291 e. The molecular formula is C22H27N5O2. The Morgan fingerprint density at radius 2 is 2.00 bits per heavy atom. The summed E-state index contributed by atoms with van der Waals surface area (Å²) in [5.74, 6) is 1.73. The van der Waals surface area contributed by atoms with Crippen LogP contribution in [0.3, 0.4) is 0 Å². The Morgan fingerprint density at radius 1 is 1.17 bits per heavy atom. The molecule has 1 atom stereocenters. The number of hydrogen-bond acceptors (Lipinski definition) is 4. The molecule has 1 spiro atoms. The first kappa shape index (κ1) is 18.3. The first-order valence-corrected chi connectivity index (χ1v) is 10.6. The molecule has 3 aliphatic heterocycles. The Hall–Kier alpha value is -2.70. The minimum atomic E-state index is -0.633. The molecule has 1 unspecified atom stereocenters. The lowest BCUT2D eigenvalue weighted by atomic mass is 9.81.